The van der Waals surface area contributed by atoms with Gasteiger partial charge in [0, 0.05) is 42.7 Å². The molecule has 0 amide bonds. The van der Waals surface area contributed by atoms with E-state index in [-0.39, 0.29) is 25.0 Å². The third kappa shape index (κ3) is 4.83. The Morgan fingerprint density at radius 3 is 2.86 bits per heavy atom. The first kappa shape index (κ1) is 27.8. The molecular weight excluding hydrogens is 561 g/mol. The van der Waals surface area contributed by atoms with Gasteiger partial charge >= 0.3 is 5.69 Å². The number of fused-ring (bicyclic) bond motifs is 4. The number of pyridine rings is 1. The molecule has 4 fully saturated rings. The SMILES string of the molecule is COc1ccc2nccc(C(O)[C@@H]3CC4CCN3CC4c3cn(C4CC(n5cc(F)c(=O)[nH]c5=O)OC4CO)nn3)c2c1. The molecule has 7 unspecified atom stereocenters. The lowest BCUT2D eigenvalue weighted by Gasteiger charge is -2.50. The topological polar surface area (TPSA) is 161 Å². The highest BCUT2D eigenvalue weighted by Gasteiger charge is 2.45. The minimum absolute atomic E-state index is 0.0550. The second-order valence-corrected chi connectivity index (χ2v) is 11.6. The average Bonchev–Trinajstić information content (AvgIpc) is 3.70. The highest BCUT2D eigenvalue weighted by Crippen LogP contribution is 2.45. The van der Waals surface area contributed by atoms with Crippen LogP contribution in [0.5, 0.6) is 5.75 Å². The molecule has 14 heteroatoms. The van der Waals surface area contributed by atoms with Crippen molar-refractivity contribution in [3.63, 3.8) is 0 Å². The lowest BCUT2D eigenvalue weighted by Crippen LogP contribution is -2.54. The lowest BCUT2D eigenvalue weighted by atomic mass is 9.72. The summed E-state index contributed by atoms with van der Waals surface area (Å²) in [7, 11) is 1.62. The highest BCUT2D eigenvalue weighted by molar-refractivity contribution is 5.84. The van der Waals surface area contributed by atoms with Crippen LogP contribution in [0.3, 0.4) is 0 Å². The molecule has 4 aliphatic rings. The smallest absolute Gasteiger partial charge is 0.330 e. The summed E-state index contributed by atoms with van der Waals surface area (Å²) in [4.78, 5) is 32.5. The van der Waals surface area contributed by atoms with Gasteiger partial charge in [-0.25, -0.2) is 9.48 Å². The molecular formula is C29H32FN7O6. The minimum Gasteiger partial charge on any atom is -0.497 e. The summed E-state index contributed by atoms with van der Waals surface area (Å²) in [5.41, 5.74) is 0.552. The largest absolute Gasteiger partial charge is 0.497 e. The average molecular weight is 594 g/mol. The van der Waals surface area contributed by atoms with Crippen LogP contribution in [0.15, 0.2) is 52.4 Å². The number of piperidine rings is 3. The summed E-state index contributed by atoms with van der Waals surface area (Å²) in [6.07, 6.45) is 4.09. The second-order valence-electron chi connectivity index (χ2n) is 11.6. The van der Waals surface area contributed by atoms with E-state index in [1.807, 2.05) is 35.4 Å². The quantitative estimate of drug-likeness (QED) is 0.285. The number of methoxy groups -OCH3 is 1. The van der Waals surface area contributed by atoms with E-state index < -0.39 is 41.5 Å². The van der Waals surface area contributed by atoms with Crippen LogP contribution in [0.4, 0.5) is 4.39 Å². The Morgan fingerprint density at radius 1 is 1.23 bits per heavy atom. The van der Waals surface area contributed by atoms with E-state index >= 15 is 0 Å². The Kier molecular flexibility index (Phi) is 7.08. The number of H-pyrrole nitrogens is 1. The Hall–Kier alpha value is -3.98. The standard InChI is InChI=1S/C29H32FN7O6/c1-42-16-2-3-21-18(9-16)17(4-6-31-21)27(39)24-8-15-5-7-35(24)11-19(15)22-13-37(34-33-22)23-10-26(43-25(23)14-38)36-12-20(30)28(40)32-29(36)41/h2-4,6,9,12-13,15,19,23-27,38-39H,5,7-8,10-11,14H2,1H3,(H,32,40,41)/t15?,19?,23?,24-,25?,26?,27?/m0/s1. The van der Waals surface area contributed by atoms with Gasteiger partial charge < -0.3 is 19.7 Å². The van der Waals surface area contributed by atoms with Gasteiger partial charge in [-0.1, -0.05) is 5.21 Å². The molecule has 0 saturated carbocycles. The zero-order chi connectivity index (χ0) is 29.8. The molecule has 7 heterocycles. The number of hydrogen-bond acceptors (Lipinski definition) is 10. The third-order valence-corrected chi connectivity index (χ3v) is 9.33. The lowest BCUT2D eigenvalue weighted by molar-refractivity contribution is -0.0382. The summed E-state index contributed by atoms with van der Waals surface area (Å²) in [6.45, 7) is 1.25. The number of nitrogens with zero attached hydrogens (tertiary/aromatic N) is 6. The van der Waals surface area contributed by atoms with Crippen molar-refractivity contribution >= 4 is 10.9 Å². The molecule has 2 bridgehead atoms. The Labute approximate surface area is 244 Å². The van der Waals surface area contributed by atoms with Gasteiger partial charge in [0.25, 0.3) is 5.56 Å². The zero-order valence-corrected chi connectivity index (χ0v) is 23.4. The fourth-order valence-electron chi connectivity index (χ4n) is 7.10. The Morgan fingerprint density at radius 2 is 2.09 bits per heavy atom. The third-order valence-electron chi connectivity index (χ3n) is 9.33. The van der Waals surface area contributed by atoms with Crippen molar-refractivity contribution in [3.8, 4) is 5.75 Å². The first-order chi connectivity index (χ1) is 20.8. The second kappa shape index (κ2) is 10.9. The van der Waals surface area contributed by atoms with Crippen LogP contribution in [0.25, 0.3) is 10.9 Å². The predicted molar refractivity (Wildman–Crippen MR) is 150 cm³/mol. The van der Waals surface area contributed by atoms with Gasteiger partial charge in [-0.2, -0.15) is 4.39 Å². The van der Waals surface area contributed by atoms with Crippen LogP contribution in [0.2, 0.25) is 0 Å². The summed E-state index contributed by atoms with van der Waals surface area (Å²) in [5, 5.41) is 31.3. The van der Waals surface area contributed by atoms with Crippen molar-refractivity contribution in [1.29, 1.82) is 0 Å². The number of ether oxygens (including phenoxy) is 2. The summed E-state index contributed by atoms with van der Waals surface area (Å²) in [5.74, 6) is 0.0176. The van der Waals surface area contributed by atoms with Crippen molar-refractivity contribution in [2.24, 2.45) is 5.92 Å². The first-order valence-corrected chi connectivity index (χ1v) is 14.4. The molecule has 8 atom stereocenters. The summed E-state index contributed by atoms with van der Waals surface area (Å²) < 4.78 is 27.8. The van der Waals surface area contributed by atoms with Crippen molar-refractivity contribution in [3.05, 3.63) is 80.8 Å². The number of aliphatic hydroxyl groups excluding tert-OH is 2. The van der Waals surface area contributed by atoms with Gasteiger partial charge in [0.05, 0.1) is 43.3 Å². The molecule has 4 saturated heterocycles. The molecule has 3 N–H and O–H groups in total. The van der Waals surface area contributed by atoms with Crippen molar-refractivity contribution in [2.75, 3.05) is 26.8 Å². The summed E-state index contributed by atoms with van der Waals surface area (Å²) in [6, 6.07) is 7.04. The van der Waals surface area contributed by atoms with Crippen LogP contribution >= 0.6 is 0 Å². The molecule has 13 nitrogen and oxygen atoms in total. The molecule has 0 radical (unpaired) electrons. The molecule has 3 aromatic heterocycles. The minimum atomic E-state index is -1.10. The van der Waals surface area contributed by atoms with Gasteiger partial charge in [-0.05, 0) is 55.1 Å². The monoisotopic (exact) mass is 593 g/mol. The maximum atomic E-state index is 13.9. The maximum Gasteiger partial charge on any atom is 0.330 e. The van der Waals surface area contributed by atoms with E-state index in [2.05, 4.69) is 20.2 Å². The van der Waals surface area contributed by atoms with Crippen LogP contribution < -0.4 is 16.0 Å². The molecule has 0 spiro atoms. The number of benzene rings is 1. The van der Waals surface area contributed by atoms with Gasteiger partial charge in [0.15, 0.2) is 0 Å². The van der Waals surface area contributed by atoms with Crippen molar-refractivity contribution in [1.82, 2.24) is 34.4 Å². The highest BCUT2D eigenvalue weighted by atomic mass is 19.1. The number of aliphatic hydroxyl groups is 2. The van der Waals surface area contributed by atoms with E-state index in [4.69, 9.17) is 9.47 Å². The van der Waals surface area contributed by atoms with Crippen LogP contribution in [0, 0.1) is 11.7 Å². The first-order valence-electron chi connectivity index (χ1n) is 14.4. The molecule has 43 heavy (non-hydrogen) atoms. The number of halogens is 1. The van der Waals surface area contributed by atoms with Crippen molar-refractivity contribution in [2.45, 2.75) is 55.7 Å². The van der Waals surface area contributed by atoms with Crippen LogP contribution in [-0.4, -0.2) is 83.6 Å². The van der Waals surface area contributed by atoms with Gasteiger partial charge in [-0.3, -0.25) is 24.2 Å². The van der Waals surface area contributed by atoms with Gasteiger partial charge in [-0.15, -0.1) is 5.10 Å². The number of aromatic amines is 1. The number of aromatic nitrogens is 6. The molecule has 4 aromatic rings. The Balaban J connectivity index is 1.09. The molecule has 226 valence electrons. The van der Waals surface area contributed by atoms with Crippen LogP contribution in [-0.2, 0) is 4.74 Å². The van der Waals surface area contributed by atoms with Gasteiger partial charge in [0.1, 0.15) is 18.1 Å². The number of nitrogens with one attached hydrogen (secondary N) is 1. The van der Waals surface area contributed by atoms with Crippen LogP contribution in [0.1, 0.15) is 54.8 Å². The summed E-state index contributed by atoms with van der Waals surface area (Å²) >= 11 is 0. The fourth-order valence-corrected chi connectivity index (χ4v) is 7.10. The van der Waals surface area contributed by atoms with E-state index in [9.17, 15) is 24.2 Å². The number of hydrogen-bond donors (Lipinski definition) is 3. The molecule has 1 aromatic carbocycles. The molecule has 4 aliphatic heterocycles. The maximum absolute atomic E-state index is 13.9. The Bertz CT molecular complexity index is 1770. The number of rotatable bonds is 7. The van der Waals surface area contributed by atoms with E-state index in [1.165, 1.54) is 0 Å². The zero-order valence-electron chi connectivity index (χ0n) is 23.4. The van der Waals surface area contributed by atoms with E-state index in [1.54, 1.807) is 18.0 Å². The predicted octanol–water partition coefficient (Wildman–Crippen LogP) is 1.26. The fraction of sp³-hybridized carbons (Fsp3) is 0.483. The van der Waals surface area contributed by atoms with Crippen molar-refractivity contribution < 1.29 is 24.1 Å². The van der Waals surface area contributed by atoms with E-state index in [0.717, 1.165) is 58.9 Å². The molecule has 0 aliphatic carbocycles. The normalized spacial score (nSPS) is 29.3. The molecule has 8 rings (SSSR count). The van der Waals surface area contributed by atoms with E-state index in [0.29, 0.717) is 11.7 Å². The van der Waals surface area contributed by atoms with Gasteiger partial charge in [0.2, 0.25) is 5.82 Å².